The number of furan rings is 1. The molecule has 3 aromatic rings. The maximum absolute atomic E-state index is 13.1. The van der Waals surface area contributed by atoms with E-state index in [0.717, 1.165) is 18.4 Å². The minimum absolute atomic E-state index is 0.0347. The van der Waals surface area contributed by atoms with Crippen LogP contribution in [-0.2, 0) is 15.8 Å². The van der Waals surface area contributed by atoms with Crippen molar-refractivity contribution in [1.82, 2.24) is 5.32 Å². The Morgan fingerprint density at radius 3 is 2.74 bits per heavy atom. The molecule has 0 radical (unpaired) electrons. The van der Waals surface area contributed by atoms with Gasteiger partial charge in [0.1, 0.15) is 11.5 Å². The summed E-state index contributed by atoms with van der Waals surface area (Å²) >= 11 is 1.49. The molecule has 1 atom stereocenters. The highest BCUT2D eigenvalue weighted by atomic mass is 32.1. The van der Waals surface area contributed by atoms with Gasteiger partial charge in [-0.1, -0.05) is 18.2 Å². The van der Waals surface area contributed by atoms with Crippen LogP contribution in [-0.4, -0.2) is 24.7 Å². The van der Waals surface area contributed by atoms with Gasteiger partial charge in [0.25, 0.3) is 0 Å². The van der Waals surface area contributed by atoms with E-state index in [1.54, 1.807) is 19.2 Å². The van der Waals surface area contributed by atoms with Crippen LogP contribution in [0.2, 0.25) is 0 Å². The van der Waals surface area contributed by atoms with Crippen molar-refractivity contribution in [2.24, 2.45) is 0 Å². The molecular weight excluding hydrogens is 362 g/mol. The van der Waals surface area contributed by atoms with Crippen LogP contribution in [0.25, 0.3) is 0 Å². The van der Waals surface area contributed by atoms with Crippen LogP contribution in [0.1, 0.15) is 29.7 Å². The van der Waals surface area contributed by atoms with Crippen molar-refractivity contribution in [3.63, 3.8) is 0 Å². The van der Waals surface area contributed by atoms with Crippen LogP contribution < -0.4 is 10.1 Å². The van der Waals surface area contributed by atoms with Crippen molar-refractivity contribution >= 4 is 17.2 Å². The zero-order chi connectivity index (χ0) is 18.9. The number of nitrogens with one attached hydrogen (secondary N) is 1. The average molecular weight is 383 g/mol. The molecule has 0 unspecified atom stereocenters. The molecule has 0 aliphatic heterocycles. The molecule has 4 rings (SSSR count). The lowest BCUT2D eigenvalue weighted by molar-refractivity contribution is -0.124. The number of carbonyl (C=O) groups is 1. The lowest BCUT2D eigenvalue weighted by atomic mass is 9.91. The van der Waals surface area contributed by atoms with Crippen LogP contribution in [0.15, 0.2) is 63.9 Å². The number of aliphatic hydroxyl groups is 1. The molecule has 0 saturated heterocycles. The van der Waals surface area contributed by atoms with Gasteiger partial charge in [-0.3, -0.25) is 4.79 Å². The van der Waals surface area contributed by atoms with Crippen molar-refractivity contribution in [2.75, 3.05) is 13.7 Å². The molecule has 0 spiro atoms. The average Bonchev–Trinajstić information content (AvgIpc) is 3.11. The molecule has 27 heavy (non-hydrogen) atoms. The van der Waals surface area contributed by atoms with Crippen molar-refractivity contribution < 1.29 is 19.1 Å². The minimum atomic E-state index is -1.41. The minimum Gasteiger partial charge on any atom is -0.496 e. The van der Waals surface area contributed by atoms with Gasteiger partial charge in [0.2, 0.25) is 5.91 Å². The highest BCUT2D eigenvalue weighted by Gasteiger charge is 2.53. The van der Waals surface area contributed by atoms with Crippen LogP contribution in [0.4, 0.5) is 0 Å². The standard InChI is InChI=1S/C21H21NO4S/c1-25-17-6-3-2-5-16(17)20(9-10-20)19(23)22-14-21(24,15-8-12-27-13-15)18-7-4-11-26-18/h2-8,11-13,24H,9-10,14H2,1H3,(H,22,23)/t21-/m0/s1. The summed E-state index contributed by atoms with van der Waals surface area (Å²) in [6.07, 6.45) is 3.04. The predicted molar refractivity (Wildman–Crippen MR) is 103 cm³/mol. The molecule has 6 heteroatoms. The Morgan fingerprint density at radius 1 is 1.30 bits per heavy atom. The molecule has 2 heterocycles. The first-order valence-corrected chi connectivity index (χ1v) is 9.75. The van der Waals surface area contributed by atoms with E-state index in [9.17, 15) is 9.90 Å². The zero-order valence-corrected chi connectivity index (χ0v) is 15.8. The van der Waals surface area contributed by atoms with E-state index in [1.807, 2.05) is 41.1 Å². The summed E-state index contributed by atoms with van der Waals surface area (Å²) in [6, 6.07) is 12.9. The van der Waals surface area contributed by atoms with Crippen molar-refractivity contribution in [1.29, 1.82) is 0 Å². The summed E-state index contributed by atoms with van der Waals surface area (Å²) < 4.78 is 10.9. The van der Waals surface area contributed by atoms with Gasteiger partial charge in [0.15, 0.2) is 5.60 Å². The summed E-state index contributed by atoms with van der Waals surface area (Å²) in [6.45, 7) is 0.0347. The molecule has 1 aliphatic carbocycles. The number of benzene rings is 1. The SMILES string of the molecule is COc1ccccc1C1(C(=O)NC[C@](O)(c2ccsc2)c2ccco2)CC1. The highest BCUT2D eigenvalue weighted by Crippen LogP contribution is 2.51. The number of amides is 1. The molecular formula is C21H21NO4S. The van der Waals surface area contributed by atoms with Crippen LogP contribution in [0.3, 0.4) is 0 Å². The number of methoxy groups -OCH3 is 1. The van der Waals surface area contributed by atoms with E-state index in [-0.39, 0.29) is 12.5 Å². The fraction of sp³-hybridized carbons (Fsp3) is 0.286. The fourth-order valence-corrected chi connectivity index (χ4v) is 4.23. The van der Waals surface area contributed by atoms with E-state index in [0.29, 0.717) is 17.1 Å². The summed E-state index contributed by atoms with van der Waals surface area (Å²) in [7, 11) is 1.61. The monoisotopic (exact) mass is 383 g/mol. The number of ether oxygens (including phenoxy) is 1. The van der Waals surface area contributed by atoms with Crippen LogP contribution in [0, 0.1) is 0 Å². The van der Waals surface area contributed by atoms with Gasteiger partial charge >= 0.3 is 0 Å². The van der Waals surface area contributed by atoms with Crippen LogP contribution in [0.5, 0.6) is 5.75 Å². The molecule has 0 bridgehead atoms. The lowest BCUT2D eigenvalue weighted by Crippen LogP contribution is -2.45. The van der Waals surface area contributed by atoms with Crippen molar-refractivity contribution in [2.45, 2.75) is 23.9 Å². The first-order chi connectivity index (χ1) is 13.1. The van der Waals surface area contributed by atoms with Gasteiger partial charge in [-0.2, -0.15) is 11.3 Å². The molecule has 1 fully saturated rings. The summed E-state index contributed by atoms with van der Waals surface area (Å²) in [5, 5.41) is 18.0. The van der Waals surface area contributed by atoms with E-state index < -0.39 is 11.0 Å². The first kappa shape index (κ1) is 17.8. The first-order valence-electron chi connectivity index (χ1n) is 8.81. The van der Waals surface area contributed by atoms with Gasteiger partial charge in [-0.25, -0.2) is 0 Å². The second-order valence-corrected chi connectivity index (χ2v) is 7.59. The van der Waals surface area contributed by atoms with E-state index in [1.165, 1.54) is 17.6 Å². The fourth-order valence-electron chi connectivity index (χ4n) is 3.51. The van der Waals surface area contributed by atoms with Gasteiger partial charge < -0.3 is 19.6 Å². The molecule has 1 amide bonds. The van der Waals surface area contributed by atoms with Gasteiger partial charge in [-0.05, 0) is 47.9 Å². The van der Waals surface area contributed by atoms with E-state index in [4.69, 9.17) is 9.15 Å². The van der Waals surface area contributed by atoms with E-state index >= 15 is 0 Å². The van der Waals surface area contributed by atoms with E-state index in [2.05, 4.69) is 5.32 Å². The Morgan fingerprint density at radius 2 is 2.11 bits per heavy atom. The topological polar surface area (TPSA) is 71.7 Å². The molecule has 2 aromatic heterocycles. The Labute approximate surface area is 161 Å². The molecule has 1 saturated carbocycles. The predicted octanol–water partition coefficient (Wildman–Crippen LogP) is 3.43. The number of hydrogen-bond acceptors (Lipinski definition) is 5. The third-order valence-electron chi connectivity index (χ3n) is 5.24. The molecule has 1 aliphatic rings. The summed E-state index contributed by atoms with van der Waals surface area (Å²) in [4.78, 5) is 13.1. The lowest BCUT2D eigenvalue weighted by Gasteiger charge is -2.27. The summed E-state index contributed by atoms with van der Waals surface area (Å²) in [5.74, 6) is 1.01. The number of carbonyl (C=O) groups excluding carboxylic acids is 1. The quantitative estimate of drug-likeness (QED) is 0.656. The number of para-hydroxylation sites is 1. The number of thiophene rings is 1. The zero-order valence-electron chi connectivity index (χ0n) is 15.0. The maximum atomic E-state index is 13.1. The van der Waals surface area contributed by atoms with Gasteiger partial charge in [0, 0.05) is 11.1 Å². The van der Waals surface area contributed by atoms with Gasteiger partial charge in [0.05, 0.1) is 25.3 Å². The molecule has 1 aromatic carbocycles. The summed E-state index contributed by atoms with van der Waals surface area (Å²) in [5.41, 5.74) is -0.409. The van der Waals surface area contributed by atoms with Crippen molar-refractivity contribution in [3.8, 4) is 5.75 Å². The second kappa shape index (κ2) is 6.87. The third-order valence-corrected chi connectivity index (χ3v) is 5.92. The maximum Gasteiger partial charge on any atom is 0.230 e. The number of rotatable bonds is 7. The Kier molecular flexibility index (Phi) is 4.53. The highest BCUT2D eigenvalue weighted by molar-refractivity contribution is 7.08. The molecule has 5 nitrogen and oxygen atoms in total. The van der Waals surface area contributed by atoms with Crippen molar-refractivity contribution in [3.05, 3.63) is 76.4 Å². The van der Waals surface area contributed by atoms with Gasteiger partial charge in [-0.15, -0.1) is 0 Å². The van der Waals surface area contributed by atoms with Crippen LogP contribution >= 0.6 is 11.3 Å². The smallest absolute Gasteiger partial charge is 0.230 e. The molecule has 2 N–H and O–H groups in total. The Hall–Kier alpha value is -2.57. The molecule has 140 valence electrons. The normalized spacial score (nSPS) is 17.1. The second-order valence-electron chi connectivity index (χ2n) is 6.81. The Bertz CT molecular complexity index is 879. The Balaban J connectivity index is 1.58. The number of hydrogen-bond donors (Lipinski definition) is 2. The largest absolute Gasteiger partial charge is 0.496 e. The third kappa shape index (κ3) is 3.05.